The molecule has 5 heteroatoms. The normalized spacial score (nSPS) is 27.9. The summed E-state index contributed by atoms with van der Waals surface area (Å²) in [7, 11) is 0. The molecule has 1 aliphatic heterocycles. The number of nitrogens with zero attached hydrogens (tertiary/aromatic N) is 1. The minimum Gasteiger partial charge on any atom is -0.480 e. The first kappa shape index (κ1) is 13.1. The van der Waals surface area contributed by atoms with Gasteiger partial charge in [0.15, 0.2) is 0 Å². The van der Waals surface area contributed by atoms with Crippen molar-refractivity contribution in [1.82, 2.24) is 4.90 Å². The number of carboxylic acids is 1. The van der Waals surface area contributed by atoms with Gasteiger partial charge < -0.3 is 9.84 Å². The van der Waals surface area contributed by atoms with Crippen molar-refractivity contribution in [3.8, 4) is 0 Å². The maximum Gasteiger partial charge on any atom is 0.320 e. The number of carbonyl (C=O) groups excluding carboxylic acids is 1. The molecule has 106 valence electrons. The van der Waals surface area contributed by atoms with E-state index in [0.717, 1.165) is 12.0 Å². The van der Waals surface area contributed by atoms with Crippen LogP contribution < -0.4 is 0 Å². The molecule has 0 radical (unpaired) electrons. The Kier molecular flexibility index (Phi) is 3.44. The monoisotopic (exact) mass is 275 g/mol. The quantitative estimate of drug-likeness (QED) is 0.820. The molecule has 1 saturated heterocycles. The summed E-state index contributed by atoms with van der Waals surface area (Å²) in [4.78, 5) is 24.8. The lowest BCUT2D eigenvalue weighted by Crippen LogP contribution is -2.42. The molecule has 0 aromatic heterocycles. The molecule has 0 amide bonds. The van der Waals surface area contributed by atoms with Gasteiger partial charge in [0.25, 0.3) is 0 Å². The van der Waals surface area contributed by atoms with Crippen molar-refractivity contribution in [2.75, 3.05) is 6.54 Å². The Labute approximate surface area is 117 Å². The van der Waals surface area contributed by atoms with E-state index in [0.29, 0.717) is 12.3 Å². The van der Waals surface area contributed by atoms with Crippen LogP contribution in [0.2, 0.25) is 0 Å². The number of aliphatic carboxylic acids is 1. The molecule has 20 heavy (non-hydrogen) atoms. The van der Waals surface area contributed by atoms with E-state index in [2.05, 4.69) is 0 Å². The highest BCUT2D eigenvalue weighted by molar-refractivity contribution is 5.77. The maximum absolute atomic E-state index is 11.8. The van der Waals surface area contributed by atoms with Gasteiger partial charge in [-0.1, -0.05) is 30.3 Å². The zero-order valence-corrected chi connectivity index (χ0v) is 11.1. The largest absolute Gasteiger partial charge is 0.480 e. The van der Waals surface area contributed by atoms with E-state index < -0.39 is 12.0 Å². The summed E-state index contributed by atoms with van der Waals surface area (Å²) in [6.07, 6.45) is 1.67. The zero-order valence-electron chi connectivity index (χ0n) is 11.1. The highest BCUT2D eigenvalue weighted by Gasteiger charge is 2.54. The number of likely N-dealkylation sites (tertiary alicyclic amines) is 1. The predicted octanol–water partition coefficient (Wildman–Crippen LogP) is 1.28. The molecule has 2 fully saturated rings. The van der Waals surface area contributed by atoms with Gasteiger partial charge in [-0.15, -0.1) is 0 Å². The molecule has 1 saturated carbocycles. The number of rotatable bonds is 5. The molecule has 2 aliphatic rings. The van der Waals surface area contributed by atoms with Crippen molar-refractivity contribution >= 4 is 11.9 Å². The minimum atomic E-state index is -0.840. The average Bonchev–Trinajstić information content (AvgIpc) is 3.13. The molecular formula is C15H17NO4. The second-order valence-electron chi connectivity index (χ2n) is 5.47. The SMILES string of the molecule is O=C(CN1C(C(=O)O)C[C@H]2C[C@H]21)OCc1ccccc1. The first-order chi connectivity index (χ1) is 9.65. The highest BCUT2D eigenvalue weighted by Crippen LogP contribution is 2.47. The van der Waals surface area contributed by atoms with Crippen molar-refractivity contribution in [1.29, 1.82) is 0 Å². The zero-order chi connectivity index (χ0) is 14.1. The molecule has 0 spiro atoms. The van der Waals surface area contributed by atoms with Crippen LogP contribution in [0.4, 0.5) is 0 Å². The number of carboxylic acid groups (broad SMARTS) is 1. The van der Waals surface area contributed by atoms with Gasteiger partial charge in [0, 0.05) is 6.04 Å². The predicted molar refractivity (Wildman–Crippen MR) is 70.9 cm³/mol. The van der Waals surface area contributed by atoms with Crippen LogP contribution >= 0.6 is 0 Å². The van der Waals surface area contributed by atoms with E-state index in [4.69, 9.17) is 9.84 Å². The van der Waals surface area contributed by atoms with Crippen molar-refractivity contribution in [3.05, 3.63) is 35.9 Å². The topological polar surface area (TPSA) is 66.8 Å². The first-order valence-electron chi connectivity index (χ1n) is 6.83. The Morgan fingerprint density at radius 2 is 2.00 bits per heavy atom. The van der Waals surface area contributed by atoms with Crippen LogP contribution in [0.3, 0.4) is 0 Å². The van der Waals surface area contributed by atoms with E-state index in [1.165, 1.54) is 0 Å². The molecule has 1 heterocycles. The second-order valence-corrected chi connectivity index (χ2v) is 5.47. The van der Waals surface area contributed by atoms with Crippen molar-refractivity contribution < 1.29 is 19.4 Å². The lowest BCUT2D eigenvalue weighted by atomic mass is 10.2. The number of hydrogen-bond donors (Lipinski definition) is 1. The van der Waals surface area contributed by atoms with Crippen LogP contribution in [0.5, 0.6) is 0 Å². The van der Waals surface area contributed by atoms with Crippen LogP contribution in [0.15, 0.2) is 30.3 Å². The van der Waals surface area contributed by atoms with Gasteiger partial charge in [-0.2, -0.15) is 0 Å². The van der Waals surface area contributed by atoms with Crippen LogP contribution in [0.1, 0.15) is 18.4 Å². The maximum atomic E-state index is 11.8. The molecular weight excluding hydrogens is 258 g/mol. The van der Waals surface area contributed by atoms with Crippen molar-refractivity contribution in [3.63, 3.8) is 0 Å². The van der Waals surface area contributed by atoms with Gasteiger partial charge in [-0.3, -0.25) is 14.5 Å². The fraction of sp³-hybridized carbons (Fsp3) is 0.467. The summed E-state index contributed by atoms with van der Waals surface area (Å²) in [5.41, 5.74) is 0.932. The average molecular weight is 275 g/mol. The van der Waals surface area contributed by atoms with Crippen LogP contribution in [-0.2, 0) is 20.9 Å². The summed E-state index contributed by atoms with van der Waals surface area (Å²) in [6.45, 7) is 0.310. The smallest absolute Gasteiger partial charge is 0.320 e. The Hall–Kier alpha value is -1.88. The molecule has 1 aromatic rings. The van der Waals surface area contributed by atoms with Gasteiger partial charge in [-0.25, -0.2) is 0 Å². The Balaban J connectivity index is 1.52. The molecule has 1 aromatic carbocycles. The number of benzene rings is 1. The van der Waals surface area contributed by atoms with Crippen molar-refractivity contribution in [2.24, 2.45) is 5.92 Å². The van der Waals surface area contributed by atoms with E-state index in [1.807, 2.05) is 30.3 Å². The number of esters is 1. The van der Waals surface area contributed by atoms with E-state index in [1.54, 1.807) is 4.90 Å². The van der Waals surface area contributed by atoms with Gasteiger partial charge in [-0.05, 0) is 24.3 Å². The van der Waals surface area contributed by atoms with E-state index >= 15 is 0 Å². The Morgan fingerprint density at radius 3 is 2.70 bits per heavy atom. The summed E-state index contributed by atoms with van der Waals surface area (Å²) in [6, 6.07) is 9.20. The van der Waals surface area contributed by atoms with E-state index in [-0.39, 0.29) is 25.2 Å². The summed E-state index contributed by atoms with van der Waals surface area (Å²) >= 11 is 0. The minimum absolute atomic E-state index is 0.0744. The summed E-state index contributed by atoms with van der Waals surface area (Å²) in [5.74, 6) is -0.737. The van der Waals surface area contributed by atoms with Gasteiger partial charge in [0.2, 0.25) is 0 Å². The van der Waals surface area contributed by atoms with Gasteiger partial charge in [0.05, 0.1) is 6.54 Å². The Morgan fingerprint density at radius 1 is 1.25 bits per heavy atom. The number of ether oxygens (including phenoxy) is 1. The number of piperidine rings is 1. The third-order valence-electron chi connectivity index (χ3n) is 4.08. The molecule has 3 atom stereocenters. The summed E-state index contributed by atoms with van der Waals surface area (Å²) in [5, 5.41) is 9.15. The molecule has 1 N–H and O–H groups in total. The van der Waals surface area contributed by atoms with Gasteiger partial charge >= 0.3 is 11.9 Å². The van der Waals surface area contributed by atoms with Crippen LogP contribution in [0, 0.1) is 5.92 Å². The highest BCUT2D eigenvalue weighted by atomic mass is 16.5. The van der Waals surface area contributed by atoms with Crippen LogP contribution in [0.25, 0.3) is 0 Å². The lowest BCUT2D eigenvalue weighted by Gasteiger charge is -2.22. The fourth-order valence-corrected chi connectivity index (χ4v) is 2.95. The molecule has 5 nitrogen and oxygen atoms in total. The molecule has 0 bridgehead atoms. The Bertz CT molecular complexity index is 516. The molecule has 1 unspecified atom stereocenters. The first-order valence-corrected chi connectivity index (χ1v) is 6.83. The van der Waals surface area contributed by atoms with Crippen molar-refractivity contribution in [2.45, 2.75) is 31.5 Å². The number of fused-ring (bicyclic) bond motifs is 1. The fourth-order valence-electron chi connectivity index (χ4n) is 2.95. The molecule has 3 rings (SSSR count). The van der Waals surface area contributed by atoms with Crippen LogP contribution in [-0.4, -0.2) is 40.6 Å². The second kappa shape index (κ2) is 5.25. The third-order valence-corrected chi connectivity index (χ3v) is 4.08. The number of carbonyl (C=O) groups is 2. The third kappa shape index (κ3) is 2.67. The number of hydrogen-bond acceptors (Lipinski definition) is 4. The van der Waals surface area contributed by atoms with Gasteiger partial charge in [0.1, 0.15) is 12.6 Å². The lowest BCUT2D eigenvalue weighted by molar-refractivity contribution is -0.149. The summed E-state index contributed by atoms with van der Waals surface area (Å²) < 4.78 is 5.21. The van der Waals surface area contributed by atoms with E-state index in [9.17, 15) is 9.59 Å². The molecule has 1 aliphatic carbocycles. The standard InChI is InChI=1S/C15H17NO4/c17-14(20-9-10-4-2-1-3-5-10)8-16-12-6-11(12)7-13(16)15(18)19/h1-5,11-13H,6-9H2,(H,18,19)/t11-,12-,13?/m1/s1.